The third kappa shape index (κ3) is 3.59. The van der Waals surface area contributed by atoms with E-state index in [4.69, 9.17) is 0 Å². The van der Waals surface area contributed by atoms with Crippen LogP contribution in [-0.4, -0.2) is 5.91 Å². The van der Waals surface area contributed by atoms with Crippen molar-refractivity contribution in [3.05, 3.63) is 29.8 Å². The van der Waals surface area contributed by atoms with Gasteiger partial charge in [0.2, 0.25) is 5.91 Å². The molecular formula is C16H25NO. The number of hydrogen-bond acceptors (Lipinski definition) is 1. The minimum atomic E-state index is -0.244. The Balaban J connectivity index is 2.82. The van der Waals surface area contributed by atoms with E-state index in [1.54, 1.807) is 0 Å². The number of hydrogen-bond donors (Lipinski definition) is 1. The Kier molecular flexibility index (Phi) is 5.39. The maximum Gasteiger partial charge on any atom is 0.230 e. The van der Waals surface area contributed by atoms with E-state index in [0.29, 0.717) is 0 Å². The molecule has 0 heterocycles. The number of para-hydroxylation sites is 1. The van der Waals surface area contributed by atoms with Gasteiger partial charge in [0.1, 0.15) is 0 Å². The lowest BCUT2D eigenvalue weighted by Gasteiger charge is -2.28. The van der Waals surface area contributed by atoms with Gasteiger partial charge in [-0.1, -0.05) is 51.8 Å². The lowest BCUT2D eigenvalue weighted by Crippen LogP contribution is -2.33. The maximum absolute atomic E-state index is 12.5. The summed E-state index contributed by atoms with van der Waals surface area (Å²) in [7, 11) is 0. The number of amides is 1. The summed E-state index contributed by atoms with van der Waals surface area (Å²) < 4.78 is 0. The van der Waals surface area contributed by atoms with Gasteiger partial charge in [-0.05, 0) is 31.4 Å². The molecule has 0 saturated heterocycles. The number of anilines is 1. The van der Waals surface area contributed by atoms with E-state index in [2.05, 4.69) is 26.1 Å². The summed E-state index contributed by atoms with van der Waals surface area (Å²) in [4.78, 5) is 12.5. The lowest BCUT2D eigenvalue weighted by molar-refractivity contribution is -0.125. The van der Waals surface area contributed by atoms with Crippen molar-refractivity contribution in [1.29, 1.82) is 0 Å². The Morgan fingerprint density at radius 3 is 2.22 bits per heavy atom. The van der Waals surface area contributed by atoms with Crippen LogP contribution in [0.5, 0.6) is 0 Å². The first-order chi connectivity index (χ1) is 8.53. The topological polar surface area (TPSA) is 29.1 Å². The Morgan fingerprint density at radius 1 is 1.17 bits per heavy atom. The highest BCUT2D eigenvalue weighted by molar-refractivity contribution is 5.95. The molecule has 0 fully saturated rings. The molecule has 0 radical (unpaired) electrons. The molecule has 2 nitrogen and oxygen atoms in total. The molecule has 0 atom stereocenters. The molecule has 1 rings (SSSR count). The second-order valence-electron chi connectivity index (χ2n) is 5.33. The van der Waals surface area contributed by atoms with Crippen LogP contribution < -0.4 is 5.32 Å². The molecule has 100 valence electrons. The molecule has 0 spiro atoms. The van der Waals surface area contributed by atoms with E-state index in [9.17, 15) is 4.79 Å². The Hall–Kier alpha value is -1.31. The fraction of sp³-hybridized carbons (Fsp3) is 0.562. The molecule has 2 heteroatoms. The molecular weight excluding hydrogens is 222 g/mol. The number of carbonyl (C=O) groups is 1. The quantitative estimate of drug-likeness (QED) is 0.785. The summed E-state index contributed by atoms with van der Waals surface area (Å²) >= 11 is 0. The van der Waals surface area contributed by atoms with E-state index in [0.717, 1.165) is 36.9 Å². The zero-order valence-corrected chi connectivity index (χ0v) is 12.0. The Labute approximate surface area is 111 Å². The monoisotopic (exact) mass is 247 g/mol. The SMILES string of the molecule is CCCC(C)(CCC)C(=O)Nc1ccccc1C. The van der Waals surface area contributed by atoms with Crippen LogP contribution in [0.15, 0.2) is 24.3 Å². The van der Waals surface area contributed by atoms with Crippen molar-refractivity contribution < 1.29 is 4.79 Å². The van der Waals surface area contributed by atoms with Crippen LogP contribution >= 0.6 is 0 Å². The molecule has 0 aliphatic heterocycles. The third-order valence-corrected chi connectivity index (χ3v) is 3.54. The summed E-state index contributed by atoms with van der Waals surface area (Å²) in [5.41, 5.74) is 1.80. The summed E-state index contributed by atoms with van der Waals surface area (Å²) in [6.45, 7) is 8.37. The predicted molar refractivity (Wildman–Crippen MR) is 77.7 cm³/mol. The molecule has 0 aliphatic carbocycles. The fourth-order valence-electron chi connectivity index (χ4n) is 2.44. The smallest absolute Gasteiger partial charge is 0.230 e. The van der Waals surface area contributed by atoms with Gasteiger partial charge in [-0.3, -0.25) is 4.79 Å². The molecule has 1 amide bonds. The van der Waals surface area contributed by atoms with Gasteiger partial charge in [-0.15, -0.1) is 0 Å². The number of benzene rings is 1. The highest BCUT2D eigenvalue weighted by Gasteiger charge is 2.31. The van der Waals surface area contributed by atoms with Crippen LogP contribution in [0.2, 0.25) is 0 Å². The molecule has 0 aromatic heterocycles. The summed E-state index contributed by atoms with van der Waals surface area (Å²) in [6, 6.07) is 7.93. The van der Waals surface area contributed by atoms with Crippen molar-refractivity contribution in [2.45, 2.75) is 53.4 Å². The number of rotatable bonds is 6. The van der Waals surface area contributed by atoms with Crippen molar-refractivity contribution >= 4 is 11.6 Å². The average molecular weight is 247 g/mol. The van der Waals surface area contributed by atoms with Crippen LogP contribution in [0.3, 0.4) is 0 Å². The van der Waals surface area contributed by atoms with Crippen molar-refractivity contribution in [2.24, 2.45) is 5.41 Å². The number of nitrogens with one attached hydrogen (secondary N) is 1. The van der Waals surface area contributed by atoms with Crippen molar-refractivity contribution in [1.82, 2.24) is 0 Å². The summed E-state index contributed by atoms with van der Waals surface area (Å²) in [5, 5.41) is 3.08. The van der Waals surface area contributed by atoms with Gasteiger partial charge in [0.05, 0.1) is 0 Å². The van der Waals surface area contributed by atoms with E-state index in [1.807, 2.05) is 31.2 Å². The molecule has 0 unspecified atom stereocenters. The van der Waals surface area contributed by atoms with Gasteiger partial charge in [-0.25, -0.2) is 0 Å². The molecule has 1 aromatic carbocycles. The Morgan fingerprint density at radius 2 is 1.72 bits per heavy atom. The Bertz CT molecular complexity index is 392. The van der Waals surface area contributed by atoms with Crippen molar-refractivity contribution in [3.8, 4) is 0 Å². The van der Waals surface area contributed by atoms with E-state index in [1.165, 1.54) is 0 Å². The van der Waals surface area contributed by atoms with Gasteiger partial charge in [0.15, 0.2) is 0 Å². The maximum atomic E-state index is 12.5. The normalized spacial score (nSPS) is 11.3. The van der Waals surface area contributed by atoms with E-state index < -0.39 is 0 Å². The first-order valence-electron chi connectivity index (χ1n) is 6.90. The van der Waals surface area contributed by atoms with Gasteiger partial charge in [-0.2, -0.15) is 0 Å². The van der Waals surface area contributed by atoms with Crippen LogP contribution in [0.4, 0.5) is 5.69 Å². The molecule has 1 N–H and O–H groups in total. The van der Waals surface area contributed by atoms with Crippen molar-refractivity contribution in [2.75, 3.05) is 5.32 Å². The van der Waals surface area contributed by atoms with Crippen LogP contribution in [0.1, 0.15) is 52.0 Å². The molecule has 1 aromatic rings. The molecule has 0 saturated carbocycles. The largest absolute Gasteiger partial charge is 0.325 e. The first-order valence-corrected chi connectivity index (χ1v) is 6.90. The van der Waals surface area contributed by atoms with Gasteiger partial charge >= 0.3 is 0 Å². The van der Waals surface area contributed by atoms with Crippen molar-refractivity contribution in [3.63, 3.8) is 0 Å². The summed E-state index contributed by atoms with van der Waals surface area (Å²) in [5.74, 6) is 0.153. The molecule has 0 aliphatic rings. The van der Waals surface area contributed by atoms with Gasteiger partial charge in [0.25, 0.3) is 0 Å². The minimum absolute atomic E-state index is 0.153. The second kappa shape index (κ2) is 6.58. The zero-order valence-electron chi connectivity index (χ0n) is 12.0. The molecule has 0 bridgehead atoms. The first kappa shape index (κ1) is 14.7. The van der Waals surface area contributed by atoms with E-state index in [-0.39, 0.29) is 11.3 Å². The second-order valence-corrected chi connectivity index (χ2v) is 5.33. The van der Waals surface area contributed by atoms with Gasteiger partial charge in [0, 0.05) is 11.1 Å². The summed E-state index contributed by atoms with van der Waals surface area (Å²) in [6.07, 6.45) is 3.96. The number of aryl methyl sites for hydroxylation is 1. The highest BCUT2D eigenvalue weighted by atomic mass is 16.2. The third-order valence-electron chi connectivity index (χ3n) is 3.54. The molecule has 18 heavy (non-hydrogen) atoms. The average Bonchev–Trinajstić information content (AvgIpc) is 2.32. The number of carbonyl (C=O) groups excluding carboxylic acids is 1. The fourth-order valence-corrected chi connectivity index (χ4v) is 2.44. The predicted octanol–water partition coefficient (Wildman–Crippen LogP) is 4.54. The standard InChI is InChI=1S/C16H25NO/c1-5-11-16(4,12-6-2)15(18)17-14-10-8-7-9-13(14)3/h7-10H,5-6,11-12H2,1-4H3,(H,17,18). The minimum Gasteiger partial charge on any atom is -0.325 e. The van der Waals surface area contributed by atoms with Gasteiger partial charge < -0.3 is 5.32 Å². The highest BCUT2D eigenvalue weighted by Crippen LogP contribution is 2.31. The van der Waals surface area contributed by atoms with E-state index >= 15 is 0 Å². The zero-order chi connectivity index (χ0) is 13.6. The lowest BCUT2D eigenvalue weighted by atomic mass is 9.80. The van der Waals surface area contributed by atoms with Crippen LogP contribution in [-0.2, 0) is 4.79 Å². The van der Waals surface area contributed by atoms with Crippen LogP contribution in [0.25, 0.3) is 0 Å². The van der Waals surface area contributed by atoms with Crippen LogP contribution in [0, 0.1) is 12.3 Å².